The molecule has 0 aliphatic carbocycles. The number of rotatable bonds is 4. The summed E-state index contributed by atoms with van der Waals surface area (Å²) in [4.78, 5) is 3.89. The second-order valence-corrected chi connectivity index (χ2v) is 4.06. The van der Waals surface area contributed by atoms with Gasteiger partial charge in [-0.1, -0.05) is 36.4 Å². The molecule has 2 rings (SSSR count). The van der Waals surface area contributed by atoms with Crippen molar-refractivity contribution >= 4 is 35.7 Å². The third kappa shape index (κ3) is 6.02. The largest absolute Gasteiger partial charge is 0.368 e. The Hall–Kier alpha value is -2.93. The molecule has 0 aromatic heterocycles. The average Bonchev–Trinajstić information content (AvgIpc) is 2.53. The number of benzene rings is 2. The van der Waals surface area contributed by atoms with Crippen LogP contribution in [0, 0.1) is 0 Å². The number of aliphatic imine (C=N–C) groups is 1. The van der Waals surface area contributed by atoms with E-state index in [0.29, 0.717) is 0 Å². The number of nitrogens with one attached hydrogen (secondary N) is 3. The molecule has 0 amide bonds. The fourth-order valence-corrected chi connectivity index (χ4v) is 1.47. The van der Waals surface area contributed by atoms with E-state index < -0.39 is 0 Å². The van der Waals surface area contributed by atoms with Crippen LogP contribution in [0.5, 0.6) is 0 Å². The summed E-state index contributed by atoms with van der Waals surface area (Å²) < 4.78 is 0. The van der Waals surface area contributed by atoms with Crippen LogP contribution in [-0.4, -0.2) is 11.9 Å². The number of hydrogen-bond donors (Lipinski definition) is 5. The quantitative estimate of drug-likeness (QED) is 0.334. The molecule has 2 aromatic carbocycles. The fraction of sp³-hybridized carbons (Fsp3) is 0. The minimum absolute atomic E-state index is 0. The molecule has 7 nitrogen and oxygen atoms in total. The Labute approximate surface area is 134 Å². The molecule has 8 heteroatoms. The number of nitrogens with zero attached hydrogens (tertiary/aromatic N) is 2. The van der Waals surface area contributed by atoms with Crippen molar-refractivity contribution in [2.24, 2.45) is 21.6 Å². The molecule has 7 N–H and O–H groups in total. The number of guanidine groups is 2. The Balaban J connectivity index is 0.00000242. The van der Waals surface area contributed by atoms with Gasteiger partial charge in [0.2, 0.25) is 11.9 Å². The topological polar surface area (TPSA) is 113 Å². The Bertz CT molecular complexity index is 614. The van der Waals surface area contributed by atoms with Gasteiger partial charge in [0.25, 0.3) is 0 Å². The van der Waals surface area contributed by atoms with Gasteiger partial charge in [0.1, 0.15) is 0 Å². The van der Waals surface area contributed by atoms with Gasteiger partial charge in [-0.05, 0) is 24.3 Å². The van der Waals surface area contributed by atoms with E-state index in [9.17, 15) is 0 Å². The first-order valence-corrected chi connectivity index (χ1v) is 6.29. The maximum absolute atomic E-state index is 5.68. The number of hydrazine groups is 1. The zero-order valence-electron chi connectivity index (χ0n) is 11.7. The highest BCUT2D eigenvalue weighted by molar-refractivity contribution is 5.93. The van der Waals surface area contributed by atoms with Gasteiger partial charge in [0.05, 0.1) is 11.4 Å². The molecular formula is C14H18ClN7. The molecule has 0 fully saturated rings. The van der Waals surface area contributed by atoms with Gasteiger partial charge in [-0.25, -0.2) is 0 Å². The Morgan fingerprint density at radius 1 is 0.818 bits per heavy atom. The van der Waals surface area contributed by atoms with Crippen molar-refractivity contribution in [3.8, 4) is 0 Å². The molecule has 0 bridgehead atoms. The van der Waals surface area contributed by atoms with Gasteiger partial charge in [-0.3, -0.25) is 16.3 Å². The number of hydrazone groups is 1. The zero-order chi connectivity index (χ0) is 14.9. The average molecular weight is 320 g/mol. The maximum atomic E-state index is 5.68. The Morgan fingerprint density at radius 3 is 1.95 bits per heavy atom. The van der Waals surface area contributed by atoms with Crippen LogP contribution in [0.2, 0.25) is 0 Å². The van der Waals surface area contributed by atoms with E-state index in [2.05, 4.69) is 26.4 Å². The molecule has 116 valence electrons. The lowest BCUT2D eigenvalue weighted by atomic mass is 10.3. The lowest BCUT2D eigenvalue weighted by Crippen LogP contribution is -2.37. The maximum Gasteiger partial charge on any atom is 0.240 e. The van der Waals surface area contributed by atoms with Crippen LogP contribution in [0.25, 0.3) is 0 Å². The summed E-state index contributed by atoms with van der Waals surface area (Å²) >= 11 is 0. The van der Waals surface area contributed by atoms with Crippen LogP contribution in [0.3, 0.4) is 0 Å². The highest BCUT2D eigenvalue weighted by Crippen LogP contribution is 2.04. The first-order chi connectivity index (χ1) is 10.2. The van der Waals surface area contributed by atoms with E-state index in [4.69, 9.17) is 11.5 Å². The summed E-state index contributed by atoms with van der Waals surface area (Å²) in [7, 11) is 0. The minimum Gasteiger partial charge on any atom is -0.368 e. The molecule has 0 aliphatic rings. The minimum atomic E-state index is 0. The standard InChI is InChI=1S/C14H17N7.ClH/c15-13(20-18-11-7-3-1-4-8-11)17-14(16)21-19-12-9-5-2-6-10-12;/h1-10,18-19H,(H5,15,16,17,20,21);1H. The van der Waals surface area contributed by atoms with E-state index >= 15 is 0 Å². The fourth-order valence-electron chi connectivity index (χ4n) is 1.47. The van der Waals surface area contributed by atoms with Crippen molar-refractivity contribution in [3.63, 3.8) is 0 Å². The predicted octanol–water partition coefficient (Wildman–Crippen LogP) is 1.68. The van der Waals surface area contributed by atoms with E-state index in [1.165, 1.54) is 0 Å². The summed E-state index contributed by atoms with van der Waals surface area (Å²) in [6.07, 6.45) is 0. The first-order valence-electron chi connectivity index (χ1n) is 6.29. The lowest BCUT2D eigenvalue weighted by Gasteiger charge is -2.08. The van der Waals surface area contributed by atoms with E-state index in [0.717, 1.165) is 11.4 Å². The molecule has 0 heterocycles. The van der Waals surface area contributed by atoms with Gasteiger partial charge >= 0.3 is 0 Å². The van der Waals surface area contributed by atoms with Crippen LogP contribution in [0.15, 0.2) is 70.8 Å². The predicted molar refractivity (Wildman–Crippen MR) is 93.8 cm³/mol. The summed E-state index contributed by atoms with van der Waals surface area (Å²) in [5.41, 5.74) is 21.4. The van der Waals surface area contributed by atoms with Gasteiger partial charge in [0.15, 0.2) is 0 Å². The summed E-state index contributed by atoms with van der Waals surface area (Å²) in [6, 6.07) is 18.9. The lowest BCUT2D eigenvalue weighted by molar-refractivity contribution is 1.09. The molecule has 0 aliphatic heterocycles. The highest BCUT2D eigenvalue weighted by atomic mass is 35.5. The van der Waals surface area contributed by atoms with Crippen molar-refractivity contribution in [3.05, 3.63) is 60.7 Å². The summed E-state index contributed by atoms with van der Waals surface area (Å²) in [5, 5.41) is 3.90. The van der Waals surface area contributed by atoms with Gasteiger partial charge in [-0.2, -0.15) is 4.99 Å². The van der Waals surface area contributed by atoms with Crippen LogP contribution >= 0.6 is 12.4 Å². The number of hydrogen-bond acceptors (Lipinski definition) is 3. The molecular weight excluding hydrogens is 302 g/mol. The number of nitrogens with two attached hydrogens (primary N) is 2. The highest BCUT2D eigenvalue weighted by Gasteiger charge is 1.94. The smallest absolute Gasteiger partial charge is 0.240 e. The van der Waals surface area contributed by atoms with E-state index in [-0.39, 0.29) is 24.3 Å². The summed E-state index contributed by atoms with van der Waals surface area (Å²) in [6.45, 7) is 0. The van der Waals surface area contributed by atoms with Crippen LogP contribution in [-0.2, 0) is 0 Å². The van der Waals surface area contributed by atoms with Gasteiger partial charge in [-0.15, -0.1) is 17.5 Å². The normalized spacial score (nSPS) is 11.3. The number of anilines is 2. The van der Waals surface area contributed by atoms with E-state index in [1.54, 1.807) is 0 Å². The second kappa shape index (κ2) is 9.09. The molecule has 0 atom stereocenters. The SMILES string of the molecule is Cl.NC(=NNc1ccccc1)N=C(N)NNc1ccccc1. The molecule has 0 saturated heterocycles. The molecule has 0 radical (unpaired) electrons. The molecule has 0 unspecified atom stereocenters. The molecule has 22 heavy (non-hydrogen) atoms. The Kier molecular flexibility index (Phi) is 7.07. The van der Waals surface area contributed by atoms with Crippen LogP contribution < -0.4 is 27.7 Å². The van der Waals surface area contributed by atoms with Crippen molar-refractivity contribution in [2.45, 2.75) is 0 Å². The molecule has 0 saturated carbocycles. The van der Waals surface area contributed by atoms with Crippen molar-refractivity contribution < 1.29 is 0 Å². The van der Waals surface area contributed by atoms with Crippen molar-refractivity contribution in [1.82, 2.24) is 5.43 Å². The second-order valence-electron chi connectivity index (χ2n) is 4.06. The monoisotopic (exact) mass is 319 g/mol. The molecule has 2 aromatic rings. The third-order valence-corrected chi connectivity index (χ3v) is 2.42. The molecule has 0 spiro atoms. The van der Waals surface area contributed by atoms with Crippen molar-refractivity contribution in [2.75, 3.05) is 10.9 Å². The third-order valence-electron chi connectivity index (χ3n) is 2.42. The first kappa shape index (κ1) is 17.1. The number of halogens is 1. The zero-order valence-corrected chi connectivity index (χ0v) is 12.5. The van der Waals surface area contributed by atoms with Crippen LogP contribution in [0.1, 0.15) is 0 Å². The summed E-state index contributed by atoms with van der Waals surface area (Å²) in [5.74, 6) is 0.119. The Morgan fingerprint density at radius 2 is 1.36 bits per heavy atom. The van der Waals surface area contributed by atoms with Gasteiger partial charge < -0.3 is 11.5 Å². The van der Waals surface area contributed by atoms with Crippen LogP contribution in [0.4, 0.5) is 11.4 Å². The van der Waals surface area contributed by atoms with Crippen molar-refractivity contribution in [1.29, 1.82) is 0 Å². The van der Waals surface area contributed by atoms with Gasteiger partial charge in [0, 0.05) is 0 Å². The number of para-hydroxylation sites is 2. The van der Waals surface area contributed by atoms with E-state index in [1.807, 2.05) is 60.7 Å².